The zero-order chi connectivity index (χ0) is 12.6. The zero-order valence-electron chi connectivity index (χ0n) is 8.72. The third kappa shape index (κ3) is 2.00. The van der Waals surface area contributed by atoms with Crippen molar-refractivity contribution in [2.24, 2.45) is 7.05 Å². The SMILES string of the molecule is Cn1c(CCl)nnc1-c1c(F)cc(F)cc1F. The second kappa shape index (κ2) is 4.37. The van der Waals surface area contributed by atoms with Crippen molar-refractivity contribution in [1.82, 2.24) is 14.8 Å². The molecule has 0 spiro atoms. The largest absolute Gasteiger partial charge is 0.313 e. The maximum absolute atomic E-state index is 13.5. The van der Waals surface area contributed by atoms with Gasteiger partial charge in [0.1, 0.15) is 23.3 Å². The average Bonchev–Trinajstić information content (AvgIpc) is 2.59. The van der Waals surface area contributed by atoms with E-state index in [2.05, 4.69) is 10.2 Å². The van der Waals surface area contributed by atoms with Crippen LogP contribution in [0.25, 0.3) is 11.4 Å². The lowest BCUT2D eigenvalue weighted by Gasteiger charge is -2.05. The highest BCUT2D eigenvalue weighted by molar-refractivity contribution is 6.16. The van der Waals surface area contributed by atoms with Crippen LogP contribution in [-0.2, 0) is 12.9 Å². The van der Waals surface area contributed by atoms with Gasteiger partial charge in [0, 0.05) is 19.2 Å². The molecular weight excluding hydrogens is 255 g/mol. The molecule has 0 amide bonds. The molecule has 2 rings (SSSR count). The van der Waals surface area contributed by atoms with Crippen molar-refractivity contribution in [2.45, 2.75) is 5.88 Å². The van der Waals surface area contributed by atoms with E-state index in [1.165, 1.54) is 11.6 Å². The van der Waals surface area contributed by atoms with Crippen LogP contribution in [0, 0.1) is 17.5 Å². The van der Waals surface area contributed by atoms with Gasteiger partial charge in [-0.05, 0) is 0 Å². The molecule has 0 radical (unpaired) electrons. The highest BCUT2D eigenvalue weighted by Crippen LogP contribution is 2.25. The number of benzene rings is 1. The molecule has 0 atom stereocenters. The Kier molecular flexibility index (Phi) is 3.06. The molecule has 90 valence electrons. The van der Waals surface area contributed by atoms with Gasteiger partial charge in [-0.1, -0.05) is 0 Å². The van der Waals surface area contributed by atoms with Crippen molar-refractivity contribution < 1.29 is 13.2 Å². The van der Waals surface area contributed by atoms with Crippen LogP contribution >= 0.6 is 11.6 Å². The molecule has 0 unspecified atom stereocenters. The van der Waals surface area contributed by atoms with Crippen molar-refractivity contribution in [3.8, 4) is 11.4 Å². The Bertz CT molecular complexity index is 545. The Morgan fingerprint density at radius 3 is 2.24 bits per heavy atom. The minimum Gasteiger partial charge on any atom is -0.313 e. The number of hydrogen-bond donors (Lipinski definition) is 0. The van der Waals surface area contributed by atoms with Gasteiger partial charge < -0.3 is 4.57 Å². The maximum atomic E-state index is 13.5. The average molecular weight is 262 g/mol. The van der Waals surface area contributed by atoms with Crippen molar-refractivity contribution in [1.29, 1.82) is 0 Å². The topological polar surface area (TPSA) is 30.7 Å². The van der Waals surface area contributed by atoms with Gasteiger partial charge in [-0.25, -0.2) is 13.2 Å². The van der Waals surface area contributed by atoms with Crippen molar-refractivity contribution in [2.75, 3.05) is 0 Å². The Balaban J connectivity index is 2.64. The molecule has 1 aromatic heterocycles. The lowest BCUT2D eigenvalue weighted by atomic mass is 10.2. The normalized spacial score (nSPS) is 10.9. The summed E-state index contributed by atoms with van der Waals surface area (Å²) in [5, 5.41) is 7.30. The summed E-state index contributed by atoms with van der Waals surface area (Å²) in [5.41, 5.74) is -0.419. The van der Waals surface area contributed by atoms with E-state index in [4.69, 9.17) is 11.6 Å². The number of alkyl halides is 1. The summed E-state index contributed by atoms with van der Waals surface area (Å²) in [4.78, 5) is 0. The summed E-state index contributed by atoms with van der Waals surface area (Å²) in [7, 11) is 1.52. The standard InChI is InChI=1S/C10H7ClF3N3/c1-17-8(4-11)15-16-10(17)9-6(13)2-5(12)3-7(9)14/h2-3H,4H2,1H3. The van der Waals surface area contributed by atoms with Crippen LogP contribution < -0.4 is 0 Å². The first kappa shape index (κ1) is 11.9. The van der Waals surface area contributed by atoms with E-state index in [-0.39, 0.29) is 11.7 Å². The van der Waals surface area contributed by atoms with E-state index in [1.54, 1.807) is 0 Å². The zero-order valence-corrected chi connectivity index (χ0v) is 9.47. The third-order valence-electron chi connectivity index (χ3n) is 2.32. The molecule has 0 aliphatic carbocycles. The fourth-order valence-corrected chi connectivity index (χ4v) is 1.68. The molecule has 2 aromatic rings. The minimum atomic E-state index is -1.03. The molecule has 7 heteroatoms. The molecule has 3 nitrogen and oxygen atoms in total. The number of aromatic nitrogens is 3. The third-order valence-corrected chi connectivity index (χ3v) is 2.55. The van der Waals surface area contributed by atoms with Crippen molar-refractivity contribution >= 4 is 11.6 Å². The first-order valence-electron chi connectivity index (χ1n) is 4.63. The van der Waals surface area contributed by atoms with Gasteiger partial charge in [0.15, 0.2) is 5.82 Å². The second-order valence-corrected chi connectivity index (χ2v) is 3.64. The molecule has 0 saturated carbocycles. The van der Waals surface area contributed by atoms with Crippen LogP contribution in [0.1, 0.15) is 5.82 Å². The number of hydrogen-bond acceptors (Lipinski definition) is 2. The summed E-state index contributed by atoms with van der Waals surface area (Å²) in [6, 6.07) is 1.18. The summed E-state index contributed by atoms with van der Waals surface area (Å²) in [6.07, 6.45) is 0. The smallest absolute Gasteiger partial charge is 0.169 e. The highest BCUT2D eigenvalue weighted by atomic mass is 35.5. The van der Waals surface area contributed by atoms with Crippen LogP contribution in [0.4, 0.5) is 13.2 Å². The monoisotopic (exact) mass is 261 g/mol. The molecular formula is C10H7ClF3N3. The fourth-order valence-electron chi connectivity index (χ4n) is 1.45. The van der Waals surface area contributed by atoms with Gasteiger partial charge in [0.05, 0.1) is 11.4 Å². The van der Waals surface area contributed by atoms with Crippen molar-refractivity contribution in [3.05, 3.63) is 35.4 Å². The predicted octanol–water partition coefficient (Wildman–Crippen LogP) is 2.64. The number of rotatable bonds is 2. The first-order chi connectivity index (χ1) is 8.04. The van der Waals surface area contributed by atoms with Crippen molar-refractivity contribution in [3.63, 3.8) is 0 Å². The van der Waals surface area contributed by atoms with E-state index in [0.717, 1.165) is 0 Å². The van der Waals surface area contributed by atoms with Gasteiger partial charge in [-0.15, -0.1) is 21.8 Å². The van der Waals surface area contributed by atoms with Crippen LogP contribution in [0.5, 0.6) is 0 Å². The van der Waals surface area contributed by atoms with Gasteiger partial charge in [-0.2, -0.15) is 0 Å². The molecule has 0 saturated heterocycles. The van der Waals surface area contributed by atoms with E-state index >= 15 is 0 Å². The minimum absolute atomic E-state index is 0.0318. The quantitative estimate of drug-likeness (QED) is 0.778. The Labute approximate surface area is 99.8 Å². The summed E-state index contributed by atoms with van der Waals surface area (Å²) < 4.78 is 41.1. The lowest BCUT2D eigenvalue weighted by molar-refractivity contribution is 0.545. The van der Waals surface area contributed by atoms with Crippen LogP contribution in [0.2, 0.25) is 0 Å². The molecule has 17 heavy (non-hydrogen) atoms. The lowest BCUT2D eigenvalue weighted by Crippen LogP contribution is -2.01. The summed E-state index contributed by atoms with van der Waals surface area (Å²) in [6.45, 7) is 0. The van der Waals surface area contributed by atoms with Gasteiger partial charge in [0.25, 0.3) is 0 Å². The van der Waals surface area contributed by atoms with E-state index in [9.17, 15) is 13.2 Å². The van der Waals surface area contributed by atoms with Crippen LogP contribution in [0.3, 0.4) is 0 Å². The molecule has 0 fully saturated rings. The summed E-state index contributed by atoms with van der Waals surface area (Å²) in [5.74, 6) is -2.64. The molecule has 0 bridgehead atoms. The van der Waals surface area contributed by atoms with Gasteiger partial charge in [0.2, 0.25) is 0 Å². The molecule has 0 N–H and O–H groups in total. The molecule has 0 aliphatic rings. The Morgan fingerprint density at radius 2 is 1.76 bits per heavy atom. The molecule has 1 heterocycles. The van der Waals surface area contributed by atoms with Crippen LogP contribution in [-0.4, -0.2) is 14.8 Å². The second-order valence-electron chi connectivity index (χ2n) is 3.38. The van der Waals surface area contributed by atoms with Gasteiger partial charge in [-0.3, -0.25) is 0 Å². The summed E-state index contributed by atoms with van der Waals surface area (Å²) >= 11 is 5.57. The molecule has 0 aliphatic heterocycles. The first-order valence-corrected chi connectivity index (χ1v) is 5.17. The van der Waals surface area contributed by atoms with E-state index < -0.39 is 23.0 Å². The molecule has 1 aromatic carbocycles. The number of halogens is 4. The highest BCUT2D eigenvalue weighted by Gasteiger charge is 2.19. The number of nitrogens with zero attached hydrogens (tertiary/aromatic N) is 3. The maximum Gasteiger partial charge on any atom is 0.169 e. The van der Waals surface area contributed by atoms with E-state index in [0.29, 0.717) is 18.0 Å². The Morgan fingerprint density at radius 1 is 1.18 bits per heavy atom. The Hall–Kier alpha value is -1.56. The van der Waals surface area contributed by atoms with Gasteiger partial charge >= 0.3 is 0 Å². The van der Waals surface area contributed by atoms with E-state index in [1.807, 2.05) is 0 Å². The predicted molar refractivity (Wildman–Crippen MR) is 55.9 cm³/mol. The fraction of sp³-hybridized carbons (Fsp3) is 0.200. The van der Waals surface area contributed by atoms with Crippen LogP contribution in [0.15, 0.2) is 12.1 Å².